The highest BCUT2D eigenvalue weighted by molar-refractivity contribution is 5.93. The number of hydrogen-bond acceptors (Lipinski definition) is 1. The monoisotopic (exact) mass is 148 g/mol. The van der Waals surface area contributed by atoms with Gasteiger partial charge in [0.1, 0.15) is 0 Å². The molecule has 0 bridgehead atoms. The van der Waals surface area contributed by atoms with E-state index in [-0.39, 0.29) is 5.91 Å². The van der Waals surface area contributed by atoms with E-state index in [1.54, 1.807) is 43.3 Å². The van der Waals surface area contributed by atoms with E-state index in [1.165, 1.54) is 0 Å². The summed E-state index contributed by atoms with van der Waals surface area (Å²) in [5, 5.41) is 0. The van der Waals surface area contributed by atoms with Gasteiger partial charge in [0, 0.05) is 19.7 Å². The molecule has 2 heteroatoms. The van der Waals surface area contributed by atoms with Crippen LogP contribution in [0, 0.1) is 6.07 Å². The summed E-state index contributed by atoms with van der Waals surface area (Å²) in [6, 6.07) is 9.88. The smallest absolute Gasteiger partial charge is 0.253 e. The minimum Gasteiger partial charge on any atom is -0.345 e. The maximum Gasteiger partial charge on any atom is 0.253 e. The average Bonchev–Trinajstić information content (AvgIpc) is 2.05. The standard InChI is InChI=1S/C9H10NO/c1-10(2)9(11)8-6-4-3-5-7-8/h3-4,6-7H,1-2H3. The van der Waals surface area contributed by atoms with E-state index in [1.807, 2.05) is 0 Å². The predicted molar refractivity (Wildman–Crippen MR) is 43.3 cm³/mol. The Kier molecular flexibility index (Phi) is 2.26. The number of hydrogen-bond donors (Lipinski definition) is 0. The number of carbonyl (C=O) groups excluding carboxylic acids is 1. The van der Waals surface area contributed by atoms with Crippen molar-refractivity contribution in [1.29, 1.82) is 0 Å². The van der Waals surface area contributed by atoms with Gasteiger partial charge in [-0.1, -0.05) is 12.1 Å². The zero-order chi connectivity index (χ0) is 8.27. The van der Waals surface area contributed by atoms with Gasteiger partial charge in [0.25, 0.3) is 5.91 Å². The molecule has 2 nitrogen and oxygen atoms in total. The molecule has 1 aromatic carbocycles. The van der Waals surface area contributed by atoms with Gasteiger partial charge in [-0.2, -0.15) is 0 Å². The fraction of sp³-hybridized carbons (Fsp3) is 0.222. The second-order valence-electron chi connectivity index (χ2n) is 2.49. The predicted octanol–water partition coefficient (Wildman–Crippen LogP) is 1.19. The lowest BCUT2D eigenvalue weighted by Crippen LogP contribution is -2.21. The highest BCUT2D eigenvalue weighted by Gasteiger charge is 2.04. The number of nitrogens with zero attached hydrogens (tertiary/aromatic N) is 1. The van der Waals surface area contributed by atoms with Crippen molar-refractivity contribution >= 4 is 5.91 Å². The lowest BCUT2D eigenvalue weighted by molar-refractivity contribution is 0.0827. The third kappa shape index (κ3) is 1.80. The molecule has 0 aliphatic carbocycles. The van der Waals surface area contributed by atoms with Gasteiger partial charge in [-0.15, -0.1) is 0 Å². The molecule has 1 rings (SSSR count). The second kappa shape index (κ2) is 3.19. The third-order valence-corrected chi connectivity index (χ3v) is 1.36. The Balaban J connectivity index is 2.86. The van der Waals surface area contributed by atoms with Crippen molar-refractivity contribution < 1.29 is 4.79 Å². The van der Waals surface area contributed by atoms with Crippen molar-refractivity contribution in [2.75, 3.05) is 14.1 Å². The Morgan fingerprint density at radius 2 is 2.27 bits per heavy atom. The minimum atomic E-state index is 0.0156. The zero-order valence-corrected chi connectivity index (χ0v) is 6.66. The van der Waals surface area contributed by atoms with Crippen LogP contribution < -0.4 is 0 Å². The van der Waals surface area contributed by atoms with E-state index in [4.69, 9.17) is 0 Å². The van der Waals surface area contributed by atoms with E-state index in [0.717, 1.165) is 0 Å². The van der Waals surface area contributed by atoms with Crippen molar-refractivity contribution in [2.24, 2.45) is 0 Å². The molecular formula is C9H10NO. The molecule has 0 saturated heterocycles. The van der Waals surface area contributed by atoms with Crippen LogP contribution in [-0.2, 0) is 0 Å². The summed E-state index contributed by atoms with van der Waals surface area (Å²) in [5.74, 6) is 0.0156. The molecule has 0 N–H and O–H groups in total. The topological polar surface area (TPSA) is 20.3 Å². The van der Waals surface area contributed by atoms with Crippen molar-refractivity contribution in [3.8, 4) is 0 Å². The molecule has 1 aromatic rings. The molecule has 0 heterocycles. The molecule has 0 unspecified atom stereocenters. The van der Waals surface area contributed by atoms with Crippen LogP contribution in [0.5, 0.6) is 0 Å². The van der Waals surface area contributed by atoms with Crippen LogP contribution in [0.15, 0.2) is 24.3 Å². The quantitative estimate of drug-likeness (QED) is 0.585. The lowest BCUT2D eigenvalue weighted by Gasteiger charge is -2.08. The molecule has 0 atom stereocenters. The Labute approximate surface area is 66.4 Å². The van der Waals surface area contributed by atoms with Gasteiger partial charge in [0.2, 0.25) is 0 Å². The highest BCUT2D eigenvalue weighted by atomic mass is 16.2. The van der Waals surface area contributed by atoms with Gasteiger partial charge in [-0.05, 0) is 18.2 Å². The summed E-state index contributed by atoms with van der Waals surface area (Å²) < 4.78 is 0. The van der Waals surface area contributed by atoms with Crippen molar-refractivity contribution in [2.45, 2.75) is 0 Å². The van der Waals surface area contributed by atoms with Crippen LogP contribution in [0.3, 0.4) is 0 Å². The Morgan fingerprint density at radius 3 is 2.73 bits per heavy atom. The molecule has 0 aromatic heterocycles. The normalized spacial score (nSPS) is 9.27. The van der Waals surface area contributed by atoms with E-state index in [2.05, 4.69) is 6.07 Å². The van der Waals surface area contributed by atoms with Gasteiger partial charge < -0.3 is 4.90 Å². The molecule has 1 amide bonds. The van der Waals surface area contributed by atoms with Gasteiger partial charge >= 0.3 is 0 Å². The third-order valence-electron chi connectivity index (χ3n) is 1.36. The van der Waals surface area contributed by atoms with Crippen LogP contribution in [0.25, 0.3) is 0 Å². The maximum atomic E-state index is 11.3. The first-order valence-corrected chi connectivity index (χ1v) is 3.39. The molecule has 57 valence electrons. The molecule has 0 aliphatic heterocycles. The second-order valence-corrected chi connectivity index (χ2v) is 2.49. The van der Waals surface area contributed by atoms with Crippen LogP contribution in [0.4, 0.5) is 0 Å². The summed E-state index contributed by atoms with van der Waals surface area (Å²) >= 11 is 0. The van der Waals surface area contributed by atoms with Crippen molar-refractivity contribution in [3.05, 3.63) is 35.9 Å². The zero-order valence-electron chi connectivity index (χ0n) is 6.66. The fourth-order valence-corrected chi connectivity index (χ4v) is 0.785. The van der Waals surface area contributed by atoms with Crippen LogP contribution >= 0.6 is 0 Å². The first-order chi connectivity index (χ1) is 5.22. The summed E-state index contributed by atoms with van der Waals surface area (Å²) in [5.41, 5.74) is 0.678. The van der Waals surface area contributed by atoms with Crippen LogP contribution in [-0.4, -0.2) is 24.9 Å². The SMILES string of the molecule is CN(C)C(=O)c1c[c]ccc1. The maximum absolute atomic E-state index is 11.3. The summed E-state index contributed by atoms with van der Waals surface area (Å²) in [6.07, 6.45) is 0. The van der Waals surface area contributed by atoms with E-state index < -0.39 is 0 Å². The minimum absolute atomic E-state index is 0.0156. The lowest BCUT2D eigenvalue weighted by atomic mass is 10.2. The first kappa shape index (κ1) is 7.79. The number of carbonyl (C=O) groups is 1. The van der Waals surface area contributed by atoms with E-state index in [0.29, 0.717) is 5.56 Å². The van der Waals surface area contributed by atoms with Crippen LogP contribution in [0.2, 0.25) is 0 Å². The first-order valence-electron chi connectivity index (χ1n) is 3.39. The molecule has 0 saturated carbocycles. The molecule has 0 spiro atoms. The van der Waals surface area contributed by atoms with E-state index in [9.17, 15) is 4.79 Å². The number of amides is 1. The molecule has 11 heavy (non-hydrogen) atoms. The van der Waals surface area contributed by atoms with Crippen molar-refractivity contribution in [3.63, 3.8) is 0 Å². The molecule has 0 aliphatic rings. The highest BCUT2D eigenvalue weighted by Crippen LogP contribution is 1.99. The Morgan fingerprint density at radius 1 is 1.55 bits per heavy atom. The molecular weight excluding hydrogens is 138 g/mol. The average molecular weight is 148 g/mol. The summed E-state index contributed by atoms with van der Waals surface area (Å²) in [6.45, 7) is 0. The Hall–Kier alpha value is -1.31. The largest absolute Gasteiger partial charge is 0.345 e. The molecule has 1 radical (unpaired) electrons. The summed E-state index contributed by atoms with van der Waals surface area (Å²) in [4.78, 5) is 12.8. The fourth-order valence-electron chi connectivity index (χ4n) is 0.785. The number of benzene rings is 1. The van der Waals surface area contributed by atoms with Crippen molar-refractivity contribution in [1.82, 2.24) is 4.90 Å². The van der Waals surface area contributed by atoms with Gasteiger partial charge in [0.05, 0.1) is 0 Å². The number of rotatable bonds is 1. The molecule has 0 fully saturated rings. The van der Waals surface area contributed by atoms with Gasteiger partial charge in [-0.3, -0.25) is 4.79 Å². The Bertz CT molecular complexity index is 241. The summed E-state index contributed by atoms with van der Waals surface area (Å²) in [7, 11) is 3.46. The van der Waals surface area contributed by atoms with E-state index >= 15 is 0 Å². The van der Waals surface area contributed by atoms with Gasteiger partial charge in [0.15, 0.2) is 0 Å². The van der Waals surface area contributed by atoms with Crippen LogP contribution in [0.1, 0.15) is 10.4 Å². The van der Waals surface area contributed by atoms with Gasteiger partial charge in [-0.25, -0.2) is 0 Å².